The minimum Gasteiger partial charge on any atom is -0.480 e. The van der Waals surface area contributed by atoms with Gasteiger partial charge < -0.3 is 5.11 Å². The maximum absolute atomic E-state index is 11.4. The SMILES string of the molecule is CCCCC(c1ncccc1C)N1CCCC1C(=O)O. The van der Waals surface area contributed by atoms with Gasteiger partial charge in [-0.2, -0.15) is 0 Å². The maximum Gasteiger partial charge on any atom is 0.320 e. The molecular formula is C16H24N2O2. The number of aryl methyl sites for hydroxylation is 1. The molecule has 1 N–H and O–H groups in total. The third-order valence-electron chi connectivity index (χ3n) is 4.18. The van der Waals surface area contributed by atoms with Gasteiger partial charge in [0.15, 0.2) is 0 Å². The quantitative estimate of drug-likeness (QED) is 0.867. The normalized spacial score (nSPS) is 21.0. The van der Waals surface area contributed by atoms with Crippen LogP contribution in [-0.2, 0) is 4.79 Å². The number of unbranched alkanes of at least 4 members (excludes halogenated alkanes) is 1. The Hall–Kier alpha value is -1.42. The molecule has 0 saturated carbocycles. The van der Waals surface area contributed by atoms with Crippen LogP contribution in [0.25, 0.3) is 0 Å². The molecule has 0 radical (unpaired) electrons. The van der Waals surface area contributed by atoms with E-state index in [-0.39, 0.29) is 12.1 Å². The van der Waals surface area contributed by atoms with Crippen molar-refractivity contribution in [3.8, 4) is 0 Å². The first kappa shape index (κ1) is 15.0. The van der Waals surface area contributed by atoms with Gasteiger partial charge in [-0.3, -0.25) is 14.7 Å². The second-order valence-corrected chi connectivity index (χ2v) is 5.60. The van der Waals surface area contributed by atoms with Gasteiger partial charge in [-0.25, -0.2) is 0 Å². The lowest BCUT2D eigenvalue weighted by Gasteiger charge is -2.31. The number of likely N-dealkylation sites (tertiary alicyclic amines) is 1. The lowest BCUT2D eigenvalue weighted by molar-refractivity contribution is -0.143. The standard InChI is InChI=1S/C16H24N2O2/c1-3-4-8-13(15-12(2)7-5-10-17-15)18-11-6-9-14(18)16(19)20/h5,7,10,13-14H,3-4,6,8-9,11H2,1-2H3,(H,19,20). The van der Waals surface area contributed by atoms with Crippen LogP contribution in [0.2, 0.25) is 0 Å². The van der Waals surface area contributed by atoms with Crippen LogP contribution in [0.3, 0.4) is 0 Å². The van der Waals surface area contributed by atoms with Gasteiger partial charge in [0.25, 0.3) is 0 Å². The maximum atomic E-state index is 11.4. The summed E-state index contributed by atoms with van der Waals surface area (Å²) in [6.07, 6.45) is 6.73. The van der Waals surface area contributed by atoms with Crippen LogP contribution >= 0.6 is 0 Å². The predicted octanol–water partition coefficient (Wildman–Crippen LogP) is 3.17. The fourth-order valence-electron chi connectivity index (χ4n) is 3.13. The number of nitrogens with zero attached hydrogens (tertiary/aromatic N) is 2. The molecule has 1 aromatic rings. The molecule has 20 heavy (non-hydrogen) atoms. The number of aromatic nitrogens is 1. The number of hydrogen-bond acceptors (Lipinski definition) is 3. The highest BCUT2D eigenvalue weighted by molar-refractivity contribution is 5.73. The van der Waals surface area contributed by atoms with Crippen molar-refractivity contribution < 1.29 is 9.90 Å². The Morgan fingerprint density at radius 2 is 2.40 bits per heavy atom. The van der Waals surface area contributed by atoms with Crippen LogP contribution in [0.4, 0.5) is 0 Å². The van der Waals surface area contributed by atoms with Gasteiger partial charge in [0.2, 0.25) is 0 Å². The van der Waals surface area contributed by atoms with Crippen LogP contribution in [0.1, 0.15) is 56.3 Å². The van der Waals surface area contributed by atoms with Crippen molar-refractivity contribution in [2.75, 3.05) is 6.54 Å². The van der Waals surface area contributed by atoms with Crippen molar-refractivity contribution in [1.29, 1.82) is 0 Å². The molecule has 0 amide bonds. The molecule has 2 heterocycles. The van der Waals surface area contributed by atoms with E-state index < -0.39 is 5.97 Å². The highest BCUT2D eigenvalue weighted by Crippen LogP contribution is 2.33. The molecule has 1 saturated heterocycles. The zero-order valence-electron chi connectivity index (χ0n) is 12.4. The monoisotopic (exact) mass is 276 g/mol. The van der Waals surface area contributed by atoms with E-state index in [2.05, 4.69) is 29.8 Å². The van der Waals surface area contributed by atoms with E-state index in [4.69, 9.17) is 0 Å². The molecule has 2 rings (SSSR count). The fraction of sp³-hybridized carbons (Fsp3) is 0.625. The molecule has 2 atom stereocenters. The van der Waals surface area contributed by atoms with E-state index in [1.165, 1.54) is 0 Å². The van der Waals surface area contributed by atoms with Gasteiger partial charge in [0.1, 0.15) is 6.04 Å². The molecule has 0 aliphatic carbocycles. The summed E-state index contributed by atoms with van der Waals surface area (Å²) in [7, 11) is 0. The molecule has 0 bridgehead atoms. The van der Waals surface area contributed by atoms with E-state index in [0.717, 1.165) is 49.9 Å². The summed E-state index contributed by atoms with van der Waals surface area (Å²) in [6.45, 7) is 5.09. The Morgan fingerprint density at radius 3 is 3.05 bits per heavy atom. The average molecular weight is 276 g/mol. The van der Waals surface area contributed by atoms with Crippen LogP contribution < -0.4 is 0 Å². The first-order valence-corrected chi connectivity index (χ1v) is 7.55. The number of carboxylic acids is 1. The van der Waals surface area contributed by atoms with E-state index in [1.54, 1.807) is 0 Å². The Bertz CT molecular complexity index is 462. The number of aliphatic carboxylic acids is 1. The van der Waals surface area contributed by atoms with Gasteiger partial charge >= 0.3 is 5.97 Å². The van der Waals surface area contributed by atoms with Crippen LogP contribution in [0.5, 0.6) is 0 Å². The number of rotatable bonds is 6. The molecule has 1 fully saturated rings. The van der Waals surface area contributed by atoms with Gasteiger partial charge in [-0.1, -0.05) is 25.8 Å². The van der Waals surface area contributed by atoms with Crippen LogP contribution in [0.15, 0.2) is 18.3 Å². The number of pyridine rings is 1. The summed E-state index contributed by atoms with van der Waals surface area (Å²) in [5, 5.41) is 9.41. The molecule has 1 aliphatic heterocycles. The van der Waals surface area contributed by atoms with Gasteiger partial charge in [0.05, 0.1) is 11.7 Å². The third kappa shape index (κ3) is 3.18. The molecule has 2 unspecified atom stereocenters. The zero-order chi connectivity index (χ0) is 14.5. The second kappa shape index (κ2) is 6.84. The van der Waals surface area contributed by atoms with Crippen molar-refractivity contribution in [3.05, 3.63) is 29.6 Å². The van der Waals surface area contributed by atoms with Gasteiger partial charge in [0, 0.05) is 6.20 Å². The van der Waals surface area contributed by atoms with Crippen molar-refractivity contribution in [2.45, 2.75) is 58.0 Å². The summed E-state index contributed by atoms with van der Waals surface area (Å²) in [4.78, 5) is 18.1. The minimum absolute atomic E-state index is 0.139. The van der Waals surface area contributed by atoms with Gasteiger partial charge in [-0.15, -0.1) is 0 Å². The highest BCUT2D eigenvalue weighted by Gasteiger charge is 2.36. The lowest BCUT2D eigenvalue weighted by atomic mass is 10.00. The van der Waals surface area contributed by atoms with E-state index in [1.807, 2.05) is 12.3 Å². The first-order valence-electron chi connectivity index (χ1n) is 7.55. The Labute approximate surface area is 120 Å². The molecule has 4 heteroatoms. The molecule has 110 valence electrons. The van der Waals surface area contributed by atoms with Crippen LogP contribution in [-0.4, -0.2) is 33.5 Å². The summed E-state index contributed by atoms with van der Waals surface area (Å²) >= 11 is 0. The fourth-order valence-corrected chi connectivity index (χ4v) is 3.13. The number of carbonyl (C=O) groups is 1. The van der Waals surface area contributed by atoms with E-state index >= 15 is 0 Å². The number of hydrogen-bond donors (Lipinski definition) is 1. The Kier molecular flexibility index (Phi) is 5.12. The summed E-state index contributed by atoms with van der Waals surface area (Å²) in [5.41, 5.74) is 2.21. The van der Waals surface area contributed by atoms with E-state index in [9.17, 15) is 9.90 Å². The molecular weight excluding hydrogens is 252 g/mol. The smallest absolute Gasteiger partial charge is 0.320 e. The lowest BCUT2D eigenvalue weighted by Crippen LogP contribution is -2.39. The highest BCUT2D eigenvalue weighted by atomic mass is 16.4. The minimum atomic E-state index is -0.697. The second-order valence-electron chi connectivity index (χ2n) is 5.60. The number of carboxylic acid groups (broad SMARTS) is 1. The Morgan fingerprint density at radius 1 is 1.60 bits per heavy atom. The van der Waals surface area contributed by atoms with Crippen molar-refractivity contribution >= 4 is 5.97 Å². The van der Waals surface area contributed by atoms with E-state index in [0.29, 0.717) is 0 Å². The third-order valence-corrected chi connectivity index (χ3v) is 4.18. The van der Waals surface area contributed by atoms with Crippen LogP contribution in [0, 0.1) is 6.92 Å². The molecule has 0 aromatic carbocycles. The summed E-state index contributed by atoms with van der Waals surface area (Å²) < 4.78 is 0. The Balaban J connectivity index is 2.27. The van der Waals surface area contributed by atoms with Crippen molar-refractivity contribution in [2.24, 2.45) is 0 Å². The molecule has 1 aromatic heterocycles. The zero-order valence-corrected chi connectivity index (χ0v) is 12.4. The molecule has 0 spiro atoms. The summed E-state index contributed by atoms with van der Waals surface area (Å²) in [5.74, 6) is -0.697. The molecule has 1 aliphatic rings. The topological polar surface area (TPSA) is 53.4 Å². The predicted molar refractivity (Wildman–Crippen MR) is 78.6 cm³/mol. The molecule has 4 nitrogen and oxygen atoms in total. The van der Waals surface area contributed by atoms with Crippen molar-refractivity contribution in [3.63, 3.8) is 0 Å². The van der Waals surface area contributed by atoms with Crippen molar-refractivity contribution in [1.82, 2.24) is 9.88 Å². The van der Waals surface area contributed by atoms with Gasteiger partial charge in [-0.05, 0) is 44.4 Å². The largest absolute Gasteiger partial charge is 0.480 e. The first-order chi connectivity index (χ1) is 9.65. The average Bonchev–Trinajstić information content (AvgIpc) is 2.90. The summed E-state index contributed by atoms with van der Waals surface area (Å²) in [6, 6.07) is 3.79.